The van der Waals surface area contributed by atoms with Crippen LogP contribution in [-0.4, -0.2) is 4.98 Å². The Morgan fingerprint density at radius 3 is 2.55 bits per heavy atom. The minimum atomic E-state index is -0.184. The van der Waals surface area contributed by atoms with Gasteiger partial charge in [-0.1, -0.05) is 76.2 Å². The van der Waals surface area contributed by atoms with Gasteiger partial charge in [0.15, 0.2) is 0 Å². The van der Waals surface area contributed by atoms with E-state index in [2.05, 4.69) is 83.1 Å². The van der Waals surface area contributed by atoms with E-state index in [1.54, 1.807) is 0 Å². The van der Waals surface area contributed by atoms with Crippen molar-refractivity contribution in [2.24, 2.45) is 5.92 Å². The van der Waals surface area contributed by atoms with Crippen LogP contribution in [0.2, 0.25) is 0 Å². The Labute approximate surface area is 182 Å². The summed E-state index contributed by atoms with van der Waals surface area (Å²) in [6, 6.07) is 17.9. The van der Waals surface area contributed by atoms with Gasteiger partial charge in [0.2, 0.25) is 0 Å². The second-order valence-corrected chi connectivity index (χ2v) is 10.0. The molecule has 1 aliphatic carbocycles. The van der Waals surface area contributed by atoms with Crippen LogP contribution in [0.4, 0.5) is 0 Å². The lowest BCUT2D eigenvalue weighted by Crippen LogP contribution is -2.20. The second kappa shape index (κ2) is 6.20. The molecule has 1 aliphatic rings. The topological polar surface area (TPSA) is 26.0 Å². The third kappa shape index (κ3) is 2.42. The average molecular weight is 406 g/mol. The van der Waals surface area contributed by atoms with Crippen molar-refractivity contribution < 1.29 is 4.42 Å². The van der Waals surface area contributed by atoms with Crippen LogP contribution >= 0.6 is 0 Å². The molecule has 0 amide bonds. The Bertz CT molecular complexity index is 1520. The van der Waals surface area contributed by atoms with E-state index in [0.29, 0.717) is 5.92 Å². The monoisotopic (exact) mass is 405 g/mol. The van der Waals surface area contributed by atoms with Crippen LogP contribution in [0.1, 0.15) is 49.9 Å². The summed E-state index contributed by atoms with van der Waals surface area (Å²) < 4.78 is 6.63. The maximum atomic E-state index is 6.63. The molecule has 0 fully saturated rings. The van der Waals surface area contributed by atoms with Crippen LogP contribution in [-0.2, 0) is 11.8 Å². The molecule has 0 N–H and O–H groups in total. The fourth-order valence-electron chi connectivity index (χ4n) is 5.65. The summed E-state index contributed by atoms with van der Waals surface area (Å²) in [5.74, 6) is 0.570. The molecule has 5 aromatic rings. The molecule has 3 aromatic carbocycles. The van der Waals surface area contributed by atoms with Gasteiger partial charge in [-0.25, -0.2) is 0 Å². The zero-order valence-electron chi connectivity index (χ0n) is 18.8. The predicted molar refractivity (Wildman–Crippen MR) is 130 cm³/mol. The van der Waals surface area contributed by atoms with Gasteiger partial charge in [-0.3, -0.25) is 4.98 Å². The lowest BCUT2D eigenvalue weighted by atomic mass is 9.73. The standard InChI is InChI=1S/C29H27NO/c1-16(2)14-19-11-13-22-23-24-26(30-15-17(3)27(24)31-28(19)23)21-12-10-18-8-6-7-9-20(18)25(21)29(22,4)5/h6-13,15-16H,14H2,1-5H3. The summed E-state index contributed by atoms with van der Waals surface area (Å²) in [7, 11) is 0. The van der Waals surface area contributed by atoms with Gasteiger partial charge in [-0.15, -0.1) is 0 Å². The Hall–Kier alpha value is -3.13. The van der Waals surface area contributed by atoms with Crippen LogP contribution in [0.5, 0.6) is 0 Å². The van der Waals surface area contributed by atoms with Crippen molar-refractivity contribution in [3.8, 4) is 11.3 Å². The molecule has 0 aliphatic heterocycles. The highest BCUT2D eigenvalue weighted by Crippen LogP contribution is 2.52. The van der Waals surface area contributed by atoms with E-state index in [0.717, 1.165) is 28.8 Å². The molecule has 0 atom stereocenters. The zero-order valence-corrected chi connectivity index (χ0v) is 18.8. The normalized spacial score (nSPS) is 14.6. The van der Waals surface area contributed by atoms with Gasteiger partial charge < -0.3 is 4.42 Å². The quantitative estimate of drug-likeness (QED) is 0.298. The van der Waals surface area contributed by atoms with E-state index in [-0.39, 0.29) is 5.41 Å². The van der Waals surface area contributed by atoms with Gasteiger partial charge in [-0.05, 0) is 46.7 Å². The van der Waals surface area contributed by atoms with Crippen LogP contribution in [0.15, 0.2) is 59.1 Å². The van der Waals surface area contributed by atoms with Crippen molar-refractivity contribution in [3.63, 3.8) is 0 Å². The number of benzene rings is 3. The Morgan fingerprint density at radius 1 is 0.935 bits per heavy atom. The van der Waals surface area contributed by atoms with E-state index in [4.69, 9.17) is 9.40 Å². The largest absolute Gasteiger partial charge is 0.455 e. The second-order valence-electron chi connectivity index (χ2n) is 10.0. The van der Waals surface area contributed by atoms with Gasteiger partial charge in [0, 0.05) is 28.1 Å². The first kappa shape index (κ1) is 18.6. The molecule has 0 unspecified atom stereocenters. The smallest absolute Gasteiger partial charge is 0.142 e. The summed E-state index contributed by atoms with van der Waals surface area (Å²) in [5, 5.41) is 5.01. The van der Waals surface area contributed by atoms with Gasteiger partial charge in [0.05, 0.1) is 11.1 Å². The van der Waals surface area contributed by atoms with E-state index in [1.165, 1.54) is 43.8 Å². The number of pyridine rings is 1. The molecule has 2 heterocycles. The molecule has 0 saturated carbocycles. The first-order chi connectivity index (χ1) is 14.9. The van der Waals surface area contributed by atoms with E-state index in [9.17, 15) is 0 Å². The zero-order chi connectivity index (χ0) is 21.5. The molecule has 0 bridgehead atoms. The van der Waals surface area contributed by atoms with Crippen molar-refractivity contribution >= 4 is 32.7 Å². The Balaban J connectivity index is 1.87. The number of aromatic nitrogens is 1. The third-order valence-corrected chi connectivity index (χ3v) is 7.01. The maximum absolute atomic E-state index is 6.63. The van der Waals surface area contributed by atoms with Gasteiger partial charge >= 0.3 is 0 Å². The molecule has 0 radical (unpaired) electrons. The number of hydrogen-bond acceptors (Lipinski definition) is 2. The fourth-order valence-corrected chi connectivity index (χ4v) is 5.65. The number of rotatable bonds is 2. The molecule has 0 saturated heterocycles. The van der Waals surface area contributed by atoms with E-state index >= 15 is 0 Å². The molecular weight excluding hydrogens is 378 g/mol. The van der Waals surface area contributed by atoms with Crippen molar-refractivity contribution in [3.05, 3.63) is 77.0 Å². The molecule has 31 heavy (non-hydrogen) atoms. The Morgan fingerprint density at radius 2 is 1.74 bits per heavy atom. The average Bonchev–Trinajstić information content (AvgIpc) is 3.11. The van der Waals surface area contributed by atoms with Gasteiger partial charge in [0.25, 0.3) is 0 Å². The fraction of sp³-hybridized carbons (Fsp3) is 0.276. The minimum absolute atomic E-state index is 0.184. The van der Waals surface area contributed by atoms with Gasteiger partial charge in [0.1, 0.15) is 11.2 Å². The SMILES string of the molecule is Cc1cnc2c3c1oc1c(CC(C)C)ccc(c13)C(C)(C)c1c-2ccc2ccccc12. The van der Waals surface area contributed by atoms with Crippen molar-refractivity contribution in [2.45, 2.75) is 46.5 Å². The number of aryl methyl sites for hydroxylation is 1. The number of nitrogens with zero attached hydrogens (tertiary/aromatic N) is 1. The number of hydrogen-bond donors (Lipinski definition) is 0. The van der Waals surface area contributed by atoms with Crippen molar-refractivity contribution in [1.82, 2.24) is 4.98 Å². The van der Waals surface area contributed by atoms with E-state index < -0.39 is 0 Å². The summed E-state index contributed by atoms with van der Waals surface area (Å²) in [6.07, 6.45) is 2.98. The molecule has 0 spiro atoms. The van der Waals surface area contributed by atoms with Crippen LogP contribution < -0.4 is 0 Å². The lowest BCUT2D eigenvalue weighted by molar-refractivity contribution is 0.617. The molecular formula is C29H27NO. The van der Waals surface area contributed by atoms with Crippen molar-refractivity contribution in [2.75, 3.05) is 0 Å². The summed E-state index contributed by atoms with van der Waals surface area (Å²) >= 11 is 0. The predicted octanol–water partition coefficient (Wildman–Crippen LogP) is 7.95. The molecule has 2 nitrogen and oxygen atoms in total. The maximum Gasteiger partial charge on any atom is 0.142 e. The molecule has 2 aromatic heterocycles. The highest BCUT2D eigenvalue weighted by molar-refractivity contribution is 6.17. The molecule has 154 valence electrons. The number of fused-ring (bicyclic) bond motifs is 4. The van der Waals surface area contributed by atoms with E-state index in [1.807, 2.05) is 6.20 Å². The summed E-state index contributed by atoms with van der Waals surface area (Å²) in [6.45, 7) is 11.3. The van der Waals surface area contributed by atoms with Gasteiger partial charge in [-0.2, -0.15) is 0 Å². The van der Waals surface area contributed by atoms with Crippen molar-refractivity contribution in [1.29, 1.82) is 0 Å². The Kier molecular flexibility index (Phi) is 3.72. The van der Waals surface area contributed by atoms with Crippen LogP contribution in [0.3, 0.4) is 0 Å². The first-order valence-electron chi connectivity index (χ1n) is 11.2. The first-order valence-corrected chi connectivity index (χ1v) is 11.2. The number of furan rings is 1. The summed E-state index contributed by atoms with van der Waals surface area (Å²) in [5.41, 5.74) is 9.19. The molecule has 2 heteroatoms. The molecule has 6 rings (SSSR count). The highest BCUT2D eigenvalue weighted by Gasteiger charge is 2.36. The third-order valence-electron chi connectivity index (χ3n) is 7.01. The summed E-state index contributed by atoms with van der Waals surface area (Å²) in [4.78, 5) is 5.00. The lowest BCUT2D eigenvalue weighted by Gasteiger charge is -2.29. The van der Waals surface area contributed by atoms with Crippen LogP contribution in [0, 0.1) is 12.8 Å². The highest BCUT2D eigenvalue weighted by atomic mass is 16.3. The van der Waals surface area contributed by atoms with Crippen LogP contribution in [0.25, 0.3) is 44.0 Å². The minimum Gasteiger partial charge on any atom is -0.455 e.